The van der Waals surface area contributed by atoms with E-state index in [4.69, 9.17) is 25.8 Å². The zero-order chi connectivity index (χ0) is 25.9. The van der Waals surface area contributed by atoms with Crippen molar-refractivity contribution in [1.29, 1.82) is 0 Å². The van der Waals surface area contributed by atoms with Gasteiger partial charge < -0.3 is 14.2 Å². The lowest BCUT2D eigenvalue weighted by Gasteiger charge is -2.40. The molecule has 1 amide bonds. The Morgan fingerprint density at radius 1 is 1.06 bits per heavy atom. The normalized spacial score (nSPS) is 18.1. The molecule has 1 aliphatic rings. The van der Waals surface area contributed by atoms with Crippen molar-refractivity contribution in [2.45, 2.75) is 25.2 Å². The third kappa shape index (κ3) is 5.63. The molecule has 1 aliphatic heterocycles. The van der Waals surface area contributed by atoms with Crippen LogP contribution in [0.15, 0.2) is 72.8 Å². The summed E-state index contributed by atoms with van der Waals surface area (Å²) in [6.07, 6.45) is -5.93. The van der Waals surface area contributed by atoms with Crippen LogP contribution >= 0.6 is 11.6 Å². The molecule has 1 saturated heterocycles. The van der Waals surface area contributed by atoms with Gasteiger partial charge in [-0.3, -0.25) is 9.69 Å². The van der Waals surface area contributed by atoms with Gasteiger partial charge in [-0.05, 0) is 73.2 Å². The van der Waals surface area contributed by atoms with E-state index in [-0.39, 0.29) is 12.2 Å². The van der Waals surface area contributed by atoms with Crippen molar-refractivity contribution in [2.75, 3.05) is 18.1 Å². The van der Waals surface area contributed by atoms with E-state index in [1.807, 2.05) is 0 Å². The van der Waals surface area contributed by atoms with Crippen molar-refractivity contribution in [3.8, 4) is 11.5 Å². The number of halogens is 4. The minimum atomic E-state index is -4.61. The van der Waals surface area contributed by atoms with Crippen LogP contribution in [0.2, 0.25) is 5.02 Å². The fraction of sp³-hybridized carbons (Fsp3) is 0.231. The minimum Gasteiger partial charge on any atom is -0.464 e. The largest absolute Gasteiger partial charge is 0.464 e. The number of hydrogen-bond acceptors (Lipinski definition) is 5. The smallest absolute Gasteiger partial charge is 0.416 e. The van der Waals surface area contributed by atoms with E-state index < -0.39 is 42.4 Å². The van der Waals surface area contributed by atoms with Crippen molar-refractivity contribution in [3.63, 3.8) is 0 Å². The van der Waals surface area contributed by atoms with Gasteiger partial charge in [0.1, 0.15) is 18.1 Å². The highest BCUT2D eigenvalue weighted by Crippen LogP contribution is 2.38. The Kier molecular flexibility index (Phi) is 7.51. The van der Waals surface area contributed by atoms with Crippen molar-refractivity contribution >= 4 is 29.2 Å². The molecule has 10 heteroatoms. The summed E-state index contributed by atoms with van der Waals surface area (Å²) in [5.41, 5.74) is -0.479. The van der Waals surface area contributed by atoms with Crippen LogP contribution in [0.3, 0.4) is 0 Å². The molecule has 0 aromatic heterocycles. The number of morpholine rings is 1. The molecular formula is C26H21ClF3NO5. The van der Waals surface area contributed by atoms with Crippen LogP contribution in [0, 0.1) is 0 Å². The third-order valence-corrected chi connectivity index (χ3v) is 5.71. The van der Waals surface area contributed by atoms with Crippen LogP contribution in [0.1, 0.15) is 24.1 Å². The lowest BCUT2D eigenvalue weighted by atomic mass is 9.95. The van der Waals surface area contributed by atoms with E-state index in [2.05, 4.69) is 0 Å². The number of hydrogen-bond donors (Lipinski definition) is 0. The SMILES string of the molecule is CCOC(=O)C1OCC(=O)N(c2ccc(Oc3ccc(Cl)cc3)cc2)C1c1cccc(C(F)(F)F)c1. The number of carbonyl (C=O) groups excluding carboxylic acids is 2. The number of nitrogens with zero attached hydrogens (tertiary/aromatic N) is 1. The predicted octanol–water partition coefficient (Wildman–Crippen LogP) is 6.19. The highest BCUT2D eigenvalue weighted by atomic mass is 35.5. The second-order valence-corrected chi connectivity index (χ2v) is 8.30. The number of ether oxygens (including phenoxy) is 3. The molecule has 0 radical (unpaired) electrons. The monoisotopic (exact) mass is 519 g/mol. The molecule has 0 N–H and O–H groups in total. The Morgan fingerprint density at radius 3 is 2.31 bits per heavy atom. The van der Waals surface area contributed by atoms with Crippen molar-refractivity contribution < 1.29 is 37.0 Å². The quantitative estimate of drug-likeness (QED) is 0.363. The Morgan fingerprint density at radius 2 is 1.69 bits per heavy atom. The molecule has 0 spiro atoms. The first kappa shape index (κ1) is 25.5. The second-order valence-electron chi connectivity index (χ2n) is 7.87. The van der Waals surface area contributed by atoms with Gasteiger partial charge in [-0.15, -0.1) is 0 Å². The topological polar surface area (TPSA) is 65.1 Å². The van der Waals surface area contributed by atoms with Crippen LogP contribution in [0.25, 0.3) is 0 Å². The number of anilines is 1. The first-order valence-corrected chi connectivity index (χ1v) is 11.4. The van der Waals surface area contributed by atoms with E-state index in [1.165, 1.54) is 17.0 Å². The van der Waals surface area contributed by atoms with Crippen LogP contribution in [0.4, 0.5) is 18.9 Å². The second kappa shape index (κ2) is 10.6. The maximum absolute atomic E-state index is 13.4. The van der Waals surface area contributed by atoms with Crippen molar-refractivity contribution in [2.24, 2.45) is 0 Å². The zero-order valence-electron chi connectivity index (χ0n) is 19.0. The maximum atomic E-state index is 13.4. The standard InChI is InChI=1S/C26H21ClF3NO5/c1-2-34-25(33)24-23(16-4-3-5-17(14-16)26(28,29)30)31(22(32)15-35-24)19-8-12-21(13-9-19)36-20-10-6-18(27)7-11-20/h3-14,23-24H,2,15H2,1H3. The summed E-state index contributed by atoms with van der Waals surface area (Å²) in [4.78, 5) is 26.9. The first-order valence-electron chi connectivity index (χ1n) is 11.0. The molecule has 1 heterocycles. The molecule has 1 fully saturated rings. The fourth-order valence-corrected chi connectivity index (χ4v) is 4.00. The summed E-state index contributed by atoms with van der Waals surface area (Å²) in [6, 6.07) is 16.4. The molecule has 3 aromatic carbocycles. The van der Waals surface area contributed by atoms with Gasteiger partial charge in [0.05, 0.1) is 18.2 Å². The van der Waals surface area contributed by atoms with Gasteiger partial charge in [0.15, 0.2) is 6.10 Å². The Bertz CT molecular complexity index is 1230. The van der Waals surface area contributed by atoms with Gasteiger partial charge in [-0.2, -0.15) is 13.2 Å². The molecule has 4 rings (SSSR count). The molecule has 188 valence electrons. The van der Waals surface area contributed by atoms with Crippen LogP contribution in [-0.2, 0) is 25.2 Å². The number of amides is 1. The number of alkyl halides is 3. The molecule has 0 bridgehead atoms. The summed E-state index contributed by atoms with van der Waals surface area (Å²) in [5, 5.41) is 0.556. The fourth-order valence-electron chi connectivity index (χ4n) is 3.87. The molecule has 6 nitrogen and oxygen atoms in total. The highest BCUT2D eigenvalue weighted by Gasteiger charge is 2.44. The average molecular weight is 520 g/mol. The van der Waals surface area contributed by atoms with Gasteiger partial charge in [0.2, 0.25) is 0 Å². The highest BCUT2D eigenvalue weighted by molar-refractivity contribution is 6.30. The summed E-state index contributed by atoms with van der Waals surface area (Å²) in [6.45, 7) is 1.20. The molecular weight excluding hydrogens is 499 g/mol. The van der Waals surface area contributed by atoms with E-state index >= 15 is 0 Å². The molecule has 3 aromatic rings. The van der Waals surface area contributed by atoms with Gasteiger partial charge in [0, 0.05) is 10.7 Å². The minimum absolute atomic E-state index is 0.0404. The van der Waals surface area contributed by atoms with Crippen LogP contribution in [0.5, 0.6) is 11.5 Å². The third-order valence-electron chi connectivity index (χ3n) is 5.46. The Labute approximate surface area is 210 Å². The summed E-state index contributed by atoms with van der Waals surface area (Å²) >= 11 is 5.89. The molecule has 0 saturated carbocycles. The predicted molar refractivity (Wildman–Crippen MR) is 126 cm³/mol. The maximum Gasteiger partial charge on any atom is 0.416 e. The van der Waals surface area contributed by atoms with Crippen molar-refractivity contribution in [3.05, 3.63) is 88.9 Å². The van der Waals surface area contributed by atoms with E-state index in [1.54, 1.807) is 55.5 Å². The molecule has 36 heavy (non-hydrogen) atoms. The van der Waals surface area contributed by atoms with E-state index in [0.29, 0.717) is 22.2 Å². The average Bonchev–Trinajstić information content (AvgIpc) is 2.85. The molecule has 2 atom stereocenters. The Balaban J connectivity index is 1.71. The number of carbonyl (C=O) groups is 2. The van der Waals surface area contributed by atoms with E-state index in [0.717, 1.165) is 12.1 Å². The molecule has 0 aliphatic carbocycles. The lowest BCUT2D eigenvalue weighted by Crippen LogP contribution is -2.52. The van der Waals surface area contributed by atoms with Gasteiger partial charge in [-0.25, -0.2) is 4.79 Å². The number of rotatable bonds is 6. The summed E-state index contributed by atoms with van der Waals surface area (Å²) < 4.78 is 56.6. The van der Waals surface area contributed by atoms with Gasteiger partial charge in [0.25, 0.3) is 5.91 Å². The van der Waals surface area contributed by atoms with Crippen molar-refractivity contribution in [1.82, 2.24) is 0 Å². The van der Waals surface area contributed by atoms with Gasteiger partial charge in [-0.1, -0.05) is 23.7 Å². The van der Waals surface area contributed by atoms with Crippen LogP contribution < -0.4 is 9.64 Å². The number of esters is 1. The Hall–Kier alpha value is -3.56. The first-order chi connectivity index (χ1) is 17.2. The zero-order valence-corrected chi connectivity index (χ0v) is 19.8. The number of benzene rings is 3. The summed E-state index contributed by atoms with van der Waals surface area (Å²) in [7, 11) is 0. The summed E-state index contributed by atoms with van der Waals surface area (Å²) in [5.74, 6) is -0.303. The van der Waals surface area contributed by atoms with Crippen LogP contribution in [-0.4, -0.2) is 31.2 Å². The van der Waals surface area contributed by atoms with E-state index in [9.17, 15) is 22.8 Å². The molecule has 2 unspecified atom stereocenters. The lowest BCUT2D eigenvalue weighted by molar-refractivity contribution is -0.163. The van der Waals surface area contributed by atoms with Gasteiger partial charge >= 0.3 is 12.1 Å².